The first-order valence-corrected chi connectivity index (χ1v) is 8.12. The number of likely N-dealkylation sites (tertiary alicyclic amines) is 1. The van der Waals surface area contributed by atoms with Gasteiger partial charge in [-0.1, -0.05) is 26.3 Å². The third-order valence-electron chi connectivity index (χ3n) is 4.31. The van der Waals surface area contributed by atoms with Gasteiger partial charge in [-0.15, -0.1) is 0 Å². The van der Waals surface area contributed by atoms with Gasteiger partial charge in [0.1, 0.15) is 5.69 Å². The SMILES string of the molecule is CCCNC1CCN(C(=O)c2cccc(C)n2)CC1CC. The zero-order valence-electron chi connectivity index (χ0n) is 13.4. The van der Waals surface area contributed by atoms with Crippen LogP contribution in [0.1, 0.15) is 49.3 Å². The van der Waals surface area contributed by atoms with Crippen LogP contribution in [0.5, 0.6) is 0 Å². The summed E-state index contributed by atoms with van der Waals surface area (Å²) in [6.07, 6.45) is 3.30. The van der Waals surface area contributed by atoms with Crippen LogP contribution in [-0.4, -0.2) is 41.5 Å². The van der Waals surface area contributed by atoms with Crippen molar-refractivity contribution < 1.29 is 4.79 Å². The summed E-state index contributed by atoms with van der Waals surface area (Å²) >= 11 is 0. The fraction of sp³-hybridized carbons (Fsp3) is 0.647. The molecule has 0 aliphatic carbocycles. The van der Waals surface area contributed by atoms with Gasteiger partial charge in [0.05, 0.1) is 0 Å². The molecule has 0 bridgehead atoms. The van der Waals surface area contributed by atoms with Crippen LogP contribution in [0.4, 0.5) is 0 Å². The molecule has 1 N–H and O–H groups in total. The Kier molecular flexibility index (Phi) is 5.74. The Morgan fingerprint density at radius 3 is 2.90 bits per heavy atom. The Bertz CT molecular complexity index is 475. The van der Waals surface area contributed by atoms with Crippen molar-refractivity contribution in [2.75, 3.05) is 19.6 Å². The van der Waals surface area contributed by atoms with Gasteiger partial charge in [-0.3, -0.25) is 4.79 Å². The number of piperidine rings is 1. The second-order valence-corrected chi connectivity index (χ2v) is 5.93. The van der Waals surface area contributed by atoms with Crippen molar-refractivity contribution in [1.82, 2.24) is 15.2 Å². The molecule has 4 heteroatoms. The smallest absolute Gasteiger partial charge is 0.272 e. The van der Waals surface area contributed by atoms with Crippen molar-refractivity contribution in [1.29, 1.82) is 0 Å². The Labute approximate surface area is 127 Å². The van der Waals surface area contributed by atoms with E-state index in [2.05, 4.69) is 24.1 Å². The molecule has 21 heavy (non-hydrogen) atoms. The standard InChI is InChI=1S/C17H27N3O/c1-4-10-18-15-9-11-20(12-14(15)5-2)17(21)16-8-6-7-13(3)19-16/h6-8,14-15,18H,4-5,9-12H2,1-3H3. The molecule has 1 fully saturated rings. The lowest BCUT2D eigenvalue weighted by Gasteiger charge is -2.38. The van der Waals surface area contributed by atoms with E-state index in [1.165, 1.54) is 0 Å². The summed E-state index contributed by atoms with van der Waals surface area (Å²) in [5.74, 6) is 0.616. The average Bonchev–Trinajstić information content (AvgIpc) is 2.52. The highest BCUT2D eigenvalue weighted by atomic mass is 16.2. The van der Waals surface area contributed by atoms with Crippen LogP contribution in [0, 0.1) is 12.8 Å². The number of nitrogens with one attached hydrogen (secondary N) is 1. The van der Waals surface area contributed by atoms with Gasteiger partial charge in [0.15, 0.2) is 0 Å². The van der Waals surface area contributed by atoms with E-state index in [1.807, 2.05) is 30.0 Å². The maximum absolute atomic E-state index is 12.6. The molecular weight excluding hydrogens is 262 g/mol. The summed E-state index contributed by atoms with van der Waals surface area (Å²) in [6, 6.07) is 6.19. The molecule has 0 saturated carbocycles. The number of hydrogen-bond acceptors (Lipinski definition) is 3. The topological polar surface area (TPSA) is 45.2 Å². The maximum Gasteiger partial charge on any atom is 0.272 e. The van der Waals surface area contributed by atoms with E-state index in [0.717, 1.165) is 44.6 Å². The van der Waals surface area contributed by atoms with E-state index in [9.17, 15) is 4.79 Å². The monoisotopic (exact) mass is 289 g/mol. The van der Waals surface area contributed by atoms with Crippen LogP contribution in [0.15, 0.2) is 18.2 Å². The zero-order valence-corrected chi connectivity index (χ0v) is 13.4. The van der Waals surface area contributed by atoms with Crippen LogP contribution >= 0.6 is 0 Å². The first kappa shape index (κ1) is 16.0. The van der Waals surface area contributed by atoms with Crippen LogP contribution in [0.25, 0.3) is 0 Å². The van der Waals surface area contributed by atoms with E-state index >= 15 is 0 Å². The fourth-order valence-corrected chi connectivity index (χ4v) is 3.05. The third kappa shape index (κ3) is 4.03. The first-order valence-electron chi connectivity index (χ1n) is 8.12. The van der Waals surface area contributed by atoms with Crippen LogP contribution in [-0.2, 0) is 0 Å². The van der Waals surface area contributed by atoms with E-state index in [0.29, 0.717) is 17.7 Å². The lowest BCUT2D eigenvalue weighted by molar-refractivity contribution is 0.0621. The molecular formula is C17H27N3O. The summed E-state index contributed by atoms with van der Waals surface area (Å²) in [5, 5.41) is 3.63. The molecule has 1 aliphatic heterocycles. The van der Waals surface area contributed by atoms with Crippen molar-refractivity contribution in [2.24, 2.45) is 5.92 Å². The lowest BCUT2D eigenvalue weighted by atomic mass is 9.89. The normalized spacial score (nSPS) is 22.3. The second-order valence-electron chi connectivity index (χ2n) is 5.93. The highest BCUT2D eigenvalue weighted by Crippen LogP contribution is 2.21. The number of carbonyl (C=O) groups is 1. The number of pyridine rings is 1. The van der Waals surface area contributed by atoms with Crippen LogP contribution in [0.2, 0.25) is 0 Å². The molecule has 116 valence electrons. The van der Waals surface area contributed by atoms with Crippen molar-refractivity contribution in [3.05, 3.63) is 29.6 Å². The number of hydrogen-bond donors (Lipinski definition) is 1. The van der Waals surface area contributed by atoms with Gasteiger partial charge in [0.25, 0.3) is 5.91 Å². The minimum absolute atomic E-state index is 0.0751. The maximum atomic E-state index is 12.6. The van der Waals surface area contributed by atoms with Gasteiger partial charge in [0, 0.05) is 24.8 Å². The minimum Gasteiger partial charge on any atom is -0.337 e. The van der Waals surface area contributed by atoms with E-state index in [4.69, 9.17) is 0 Å². The van der Waals surface area contributed by atoms with Gasteiger partial charge in [-0.2, -0.15) is 0 Å². The van der Waals surface area contributed by atoms with Crippen molar-refractivity contribution in [3.8, 4) is 0 Å². The van der Waals surface area contributed by atoms with Crippen molar-refractivity contribution in [3.63, 3.8) is 0 Å². The van der Waals surface area contributed by atoms with Gasteiger partial charge >= 0.3 is 0 Å². The van der Waals surface area contributed by atoms with Gasteiger partial charge < -0.3 is 10.2 Å². The van der Waals surface area contributed by atoms with Gasteiger partial charge in [-0.05, 0) is 44.4 Å². The Hall–Kier alpha value is -1.42. The van der Waals surface area contributed by atoms with E-state index in [1.54, 1.807) is 0 Å². The molecule has 1 amide bonds. The highest BCUT2D eigenvalue weighted by Gasteiger charge is 2.30. The molecule has 0 spiro atoms. The number of aryl methyl sites for hydroxylation is 1. The van der Waals surface area contributed by atoms with Gasteiger partial charge in [-0.25, -0.2) is 4.98 Å². The quantitative estimate of drug-likeness (QED) is 0.906. The molecule has 1 aliphatic rings. The first-order chi connectivity index (χ1) is 10.2. The number of rotatable bonds is 5. The van der Waals surface area contributed by atoms with Crippen molar-refractivity contribution in [2.45, 2.75) is 46.1 Å². The lowest BCUT2D eigenvalue weighted by Crippen LogP contribution is -2.51. The predicted molar refractivity (Wildman–Crippen MR) is 85.4 cm³/mol. The molecule has 1 aromatic rings. The largest absolute Gasteiger partial charge is 0.337 e. The number of carbonyl (C=O) groups excluding carboxylic acids is 1. The molecule has 1 aromatic heterocycles. The molecule has 2 heterocycles. The summed E-state index contributed by atoms with van der Waals surface area (Å²) < 4.78 is 0. The van der Waals surface area contributed by atoms with Gasteiger partial charge in [0.2, 0.25) is 0 Å². The summed E-state index contributed by atoms with van der Waals surface area (Å²) in [7, 11) is 0. The van der Waals surface area contributed by atoms with E-state index in [-0.39, 0.29) is 5.91 Å². The second kappa shape index (κ2) is 7.55. The van der Waals surface area contributed by atoms with Crippen LogP contribution in [0.3, 0.4) is 0 Å². The molecule has 0 aromatic carbocycles. The van der Waals surface area contributed by atoms with E-state index < -0.39 is 0 Å². The Morgan fingerprint density at radius 1 is 1.43 bits per heavy atom. The highest BCUT2D eigenvalue weighted by molar-refractivity contribution is 5.92. The fourth-order valence-electron chi connectivity index (χ4n) is 3.05. The van der Waals surface area contributed by atoms with Crippen molar-refractivity contribution >= 4 is 5.91 Å². The summed E-state index contributed by atoms with van der Waals surface area (Å²) in [6.45, 7) is 9.06. The Balaban J connectivity index is 2.01. The molecule has 2 atom stereocenters. The Morgan fingerprint density at radius 2 is 2.24 bits per heavy atom. The average molecular weight is 289 g/mol. The molecule has 0 radical (unpaired) electrons. The molecule has 2 unspecified atom stereocenters. The summed E-state index contributed by atoms with van der Waals surface area (Å²) in [4.78, 5) is 18.9. The number of aromatic nitrogens is 1. The number of nitrogens with zero attached hydrogens (tertiary/aromatic N) is 2. The zero-order chi connectivity index (χ0) is 15.2. The molecule has 4 nitrogen and oxygen atoms in total. The molecule has 1 saturated heterocycles. The third-order valence-corrected chi connectivity index (χ3v) is 4.31. The summed E-state index contributed by atoms with van der Waals surface area (Å²) in [5.41, 5.74) is 1.47. The molecule has 2 rings (SSSR count). The number of amides is 1. The predicted octanol–water partition coefficient (Wildman–Crippen LogP) is 2.63. The minimum atomic E-state index is 0.0751. The van der Waals surface area contributed by atoms with Crippen LogP contribution < -0.4 is 5.32 Å².